The van der Waals surface area contributed by atoms with Crippen molar-refractivity contribution in [3.05, 3.63) is 16.5 Å². The number of nitrogens with zero attached hydrogens (tertiary/aromatic N) is 1. The summed E-state index contributed by atoms with van der Waals surface area (Å²) in [6, 6.07) is 1.41. The molecule has 1 aliphatic heterocycles. The first-order valence-electron chi connectivity index (χ1n) is 6.43. The minimum Gasteiger partial charge on any atom is -0.391 e. The molecule has 1 unspecified atom stereocenters. The van der Waals surface area contributed by atoms with Crippen LogP contribution in [0.4, 0.5) is 13.2 Å². The van der Waals surface area contributed by atoms with Crippen LogP contribution in [0.25, 0.3) is 0 Å². The molecule has 0 aromatic carbocycles. The van der Waals surface area contributed by atoms with Crippen LogP contribution in [0.2, 0.25) is 0 Å². The average molecular weight is 343 g/mol. The van der Waals surface area contributed by atoms with Gasteiger partial charge >= 0.3 is 6.18 Å². The van der Waals surface area contributed by atoms with Gasteiger partial charge in [-0.05, 0) is 31.4 Å². The molecule has 9 heteroatoms. The van der Waals surface area contributed by atoms with Crippen molar-refractivity contribution in [3.8, 4) is 0 Å². The topological polar surface area (TPSA) is 57.6 Å². The zero-order chi connectivity index (χ0) is 15.8. The molecule has 0 saturated carbocycles. The lowest BCUT2D eigenvalue weighted by Gasteiger charge is -2.32. The number of hydrogen-bond acceptors (Lipinski definition) is 4. The quantitative estimate of drug-likeness (QED) is 0.917. The molecule has 120 valence electrons. The molecule has 0 radical (unpaired) electrons. The monoisotopic (exact) mass is 343 g/mol. The van der Waals surface area contributed by atoms with E-state index in [9.17, 15) is 21.6 Å². The van der Waals surface area contributed by atoms with Crippen LogP contribution in [0, 0.1) is 12.8 Å². The summed E-state index contributed by atoms with van der Waals surface area (Å²) in [7, 11) is -3.93. The summed E-state index contributed by atoms with van der Waals surface area (Å²) < 4.78 is 64.1. The maximum atomic E-state index is 12.8. The summed E-state index contributed by atoms with van der Waals surface area (Å²) in [5.41, 5.74) is 0.630. The Morgan fingerprint density at radius 1 is 1.48 bits per heavy atom. The standard InChI is InChI=1S/C12H16F3NO3S2/c1-8-5-11(20-10(8)7-17)21(18,19)16-4-2-3-9(6-16)12(13,14)15/h5,9,17H,2-4,6-7H2,1H3. The summed E-state index contributed by atoms with van der Waals surface area (Å²) in [5.74, 6) is -1.61. The van der Waals surface area contributed by atoms with Gasteiger partial charge in [0.25, 0.3) is 10.0 Å². The first-order valence-corrected chi connectivity index (χ1v) is 8.69. The molecule has 2 heterocycles. The van der Waals surface area contributed by atoms with E-state index in [2.05, 4.69) is 0 Å². The lowest BCUT2D eigenvalue weighted by atomic mass is 9.99. The van der Waals surface area contributed by atoms with E-state index in [1.165, 1.54) is 6.07 Å². The Balaban J connectivity index is 2.26. The molecule has 1 aliphatic rings. The van der Waals surface area contributed by atoms with Crippen LogP contribution in [-0.4, -0.2) is 37.1 Å². The van der Waals surface area contributed by atoms with Crippen LogP contribution in [0.1, 0.15) is 23.3 Å². The third-order valence-corrected chi connectivity index (χ3v) is 7.12. The first kappa shape index (κ1) is 16.7. The van der Waals surface area contributed by atoms with Gasteiger partial charge in [-0.2, -0.15) is 17.5 Å². The molecule has 0 aliphatic carbocycles. The van der Waals surface area contributed by atoms with E-state index >= 15 is 0 Å². The molecule has 1 atom stereocenters. The van der Waals surface area contributed by atoms with E-state index < -0.39 is 28.7 Å². The molecule has 2 rings (SSSR count). The van der Waals surface area contributed by atoms with Gasteiger partial charge in [0.05, 0.1) is 12.5 Å². The minimum absolute atomic E-state index is 0.00752. The third-order valence-electron chi connectivity index (χ3n) is 3.58. The largest absolute Gasteiger partial charge is 0.393 e. The summed E-state index contributed by atoms with van der Waals surface area (Å²) in [6.07, 6.45) is -4.22. The Kier molecular flexibility index (Phi) is 4.67. The summed E-state index contributed by atoms with van der Waals surface area (Å²) in [4.78, 5) is 0.512. The predicted molar refractivity (Wildman–Crippen MR) is 72.5 cm³/mol. The van der Waals surface area contributed by atoms with E-state index in [-0.39, 0.29) is 30.2 Å². The number of alkyl halides is 3. The summed E-state index contributed by atoms with van der Waals surface area (Å²) in [5, 5.41) is 9.11. The zero-order valence-electron chi connectivity index (χ0n) is 11.4. The molecule has 4 nitrogen and oxygen atoms in total. The van der Waals surface area contributed by atoms with Gasteiger partial charge in [0, 0.05) is 18.0 Å². The van der Waals surface area contributed by atoms with Crippen molar-refractivity contribution in [2.24, 2.45) is 5.92 Å². The second-order valence-electron chi connectivity index (χ2n) is 5.07. The van der Waals surface area contributed by atoms with Gasteiger partial charge in [-0.1, -0.05) is 0 Å². The smallest absolute Gasteiger partial charge is 0.391 e. The summed E-state index contributed by atoms with van der Waals surface area (Å²) in [6.45, 7) is 0.949. The van der Waals surface area contributed by atoms with Crippen LogP contribution in [-0.2, 0) is 16.6 Å². The van der Waals surface area contributed by atoms with E-state index in [0.717, 1.165) is 15.6 Å². The Morgan fingerprint density at radius 3 is 2.67 bits per heavy atom. The van der Waals surface area contributed by atoms with E-state index in [0.29, 0.717) is 10.4 Å². The number of rotatable bonds is 3. The van der Waals surface area contributed by atoms with Crippen LogP contribution in [0.3, 0.4) is 0 Å². The Bertz CT molecular complexity index is 610. The van der Waals surface area contributed by atoms with Crippen molar-refractivity contribution in [1.29, 1.82) is 0 Å². The molecular formula is C12H16F3NO3S2. The Hall–Kier alpha value is -0.640. The highest BCUT2D eigenvalue weighted by molar-refractivity contribution is 7.91. The van der Waals surface area contributed by atoms with Gasteiger partial charge in [-0.15, -0.1) is 11.3 Å². The third kappa shape index (κ3) is 3.41. The van der Waals surface area contributed by atoms with E-state index in [1.54, 1.807) is 6.92 Å². The fraction of sp³-hybridized carbons (Fsp3) is 0.667. The number of aliphatic hydroxyl groups is 1. The van der Waals surface area contributed by atoms with Crippen LogP contribution < -0.4 is 0 Å². The molecule has 1 aromatic rings. The van der Waals surface area contributed by atoms with Crippen molar-refractivity contribution in [2.75, 3.05) is 13.1 Å². The predicted octanol–water partition coefficient (Wildman–Crippen LogP) is 2.51. The second kappa shape index (κ2) is 5.86. The number of piperidine rings is 1. The summed E-state index contributed by atoms with van der Waals surface area (Å²) >= 11 is 0.908. The van der Waals surface area contributed by atoms with Gasteiger partial charge in [-0.3, -0.25) is 0 Å². The van der Waals surface area contributed by atoms with Crippen LogP contribution >= 0.6 is 11.3 Å². The highest BCUT2D eigenvalue weighted by atomic mass is 32.2. The molecule has 1 N–H and O–H groups in total. The lowest BCUT2D eigenvalue weighted by Crippen LogP contribution is -2.44. The van der Waals surface area contributed by atoms with Gasteiger partial charge in [0.15, 0.2) is 0 Å². The van der Waals surface area contributed by atoms with Gasteiger partial charge in [0.2, 0.25) is 0 Å². The second-order valence-corrected chi connectivity index (χ2v) is 8.38. The Morgan fingerprint density at radius 2 is 2.14 bits per heavy atom. The SMILES string of the molecule is Cc1cc(S(=O)(=O)N2CCCC(C(F)(F)F)C2)sc1CO. The van der Waals surface area contributed by atoms with E-state index in [4.69, 9.17) is 5.11 Å². The molecule has 1 saturated heterocycles. The maximum Gasteiger partial charge on any atom is 0.393 e. The molecule has 0 amide bonds. The van der Waals surface area contributed by atoms with Crippen molar-refractivity contribution in [2.45, 2.75) is 36.8 Å². The van der Waals surface area contributed by atoms with Crippen molar-refractivity contribution in [1.82, 2.24) is 4.31 Å². The number of sulfonamides is 1. The van der Waals surface area contributed by atoms with Crippen molar-refractivity contribution >= 4 is 21.4 Å². The number of aryl methyl sites for hydroxylation is 1. The number of aliphatic hydroxyl groups excluding tert-OH is 1. The molecule has 21 heavy (non-hydrogen) atoms. The van der Waals surface area contributed by atoms with Gasteiger partial charge in [-0.25, -0.2) is 8.42 Å². The normalized spacial score (nSPS) is 21.7. The highest BCUT2D eigenvalue weighted by Crippen LogP contribution is 2.36. The maximum absolute atomic E-state index is 12.8. The zero-order valence-corrected chi connectivity index (χ0v) is 13.0. The molecule has 0 bridgehead atoms. The van der Waals surface area contributed by atoms with Crippen molar-refractivity contribution < 1.29 is 26.7 Å². The molecule has 1 fully saturated rings. The fourth-order valence-electron chi connectivity index (χ4n) is 2.33. The fourth-order valence-corrected chi connectivity index (χ4v) is 5.46. The first-order chi connectivity index (χ1) is 9.66. The number of hydrogen-bond donors (Lipinski definition) is 1. The molecule has 0 spiro atoms. The van der Waals surface area contributed by atoms with Crippen molar-refractivity contribution in [3.63, 3.8) is 0 Å². The van der Waals surface area contributed by atoms with Gasteiger partial charge in [0.1, 0.15) is 4.21 Å². The van der Waals surface area contributed by atoms with Crippen LogP contribution in [0.5, 0.6) is 0 Å². The highest BCUT2D eigenvalue weighted by Gasteiger charge is 2.44. The van der Waals surface area contributed by atoms with Gasteiger partial charge < -0.3 is 5.11 Å². The number of halogens is 3. The lowest BCUT2D eigenvalue weighted by molar-refractivity contribution is -0.182. The Labute approximate surface area is 125 Å². The molecule has 1 aromatic heterocycles. The average Bonchev–Trinajstić information content (AvgIpc) is 2.80. The van der Waals surface area contributed by atoms with Crippen LogP contribution in [0.15, 0.2) is 10.3 Å². The minimum atomic E-state index is -4.38. The van der Waals surface area contributed by atoms with E-state index in [1.807, 2.05) is 0 Å². The molecular weight excluding hydrogens is 327 g/mol. The number of thiophene rings is 1.